The Labute approximate surface area is 169 Å². The molecule has 1 aromatic heterocycles. The van der Waals surface area contributed by atoms with Crippen LogP contribution in [0.4, 0.5) is 0 Å². The first-order valence-corrected chi connectivity index (χ1v) is 9.81. The van der Waals surface area contributed by atoms with E-state index in [0.717, 1.165) is 12.2 Å². The van der Waals surface area contributed by atoms with Gasteiger partial charge in [0.25, 0.3) is 5.91 Å². The van der Waals surface area contributed by atoms with Crippen molar-refractivity contribution in [2.45, 2.75) is 32.1 Å². The topological polar surface area (TPSA) is 55.1 Å². The number of rotatable bonds is 7. The Kier molecular flexibility index (Phi) is 5.36. The van der Waals surface area contributed by atoms with Crippen molar-refractivity contribution in [2.75, 3.05) is 7.05 Å². The molecule has 1 fully saturated rings. The molecule has 0 bridgehead atoms. The first-order valence-electron chi connectivity index (χ1n) is 9.40. The van der Waals surface area contributed by atoms with Gasteiger partial charge < -0.3 is 5.32 Å². The van der Waals surface area contributed by atoms with Gasteiger partial charge in [0.2, 0.25) is 4.77 Å². The number of para-hydroxylation sites is 1. The number of nitrogens with one attached hydrogen (secondary N) is 1. The molecule has 1 aliphatic rings. The molecule has 144 valence electrons. The van der Waals surface area contributed by atoms with Crippen LogP contribution >= 0.6 is 12.2 Å². The van der Waals surface area contributed by atoms with Gasteiger partial charge in [0.1, 0.15) is 6.33 Å². The van der Waals surface area contributed by atoms with Crippen molar-refractivity contribution < 1.29 is 4.79 Å². The van der Waals surface area contributed by atoms with E-state index in [4.69, 9.17) is 12.2 Å². The first-order chi connectivity index (χ1) is 13.7. The predicted molar refractivity (Wildman–Crippen MR) is 111 cm³/mol. The summed E-state index contributed by atoms with van der Waals surface area (Å²) in [7, 11) is 1.64. The average Bonchev–Trinajstić information content (AvgIpc) is 3.52. The molecule has 1 amide bonds. The van der Waals surface area contributed by atoms with Gasteiger partial charge in [0, 0.05) is 30.9 Å². The maximum Gasteiger partial charge on any atom is 0.251 e. The highest BCUT2D eigenvalue weighted by Crippen LogP contribution is 2.29. The number of hydrogen-bond donors (Lipinski definition) is 1. The number of carbonyl (C=O) groups is 1. The van der Waals surface area contributed by atoms with Crippen molar-refractivity contribution in [2.24, 2.45) is 0 Å². The molecule has 1 N–H and O–H groups in total. The second-order valence-electron chi connectivity index (χ2n) is 7.01. The third-order valence-corrected chi connectivity index (χ3v) is 5.38. The minimum atomic E-state index is -0.0663. The third-order valence-electron chi connectivity index (χ3n) is 4.98. The molecule has 0 radical (unpaired) electrons. The summed E-state index contributed by atoms with van der Waals surface area (Å²) in [5.74, 6) is -0.0663. The smallest absolute Gasteiger partial charge is 0.251 e. The lowest BCUT2D eigenvalue weighted by molar-refractivity contribution is 0.0963. The van der Waals surface area contributed by atoms with Gasteiger partial charge in [-0.2, -0.15) is 5.10 Å². The molecule has 0 aliphatic heterocycles. The molecule has 0 spiro atoms. The minimum Gasteiger partial charge on any atom is -0.355 e. The summed E-state index contributed by atoms with van der Waals surface area (Å²) in [6, 6.07) is 18.3. The number of amides is 1. The Morgan fingerprint density at radius 2 is 1.89 bits per heavy atom. The zero-order chi connectivity index (χ0) is 19.5. The molecule has 0 saturated heterocycles. The van der Waals surface area contributed by atoms with Crippen LogP contribution in [0.5, 0.6) is 0 Å². The van der Waals surface area contributed by atoms with E-state index in [9.17, 15) is 4.79 Å². The Balaban J connectivity index is 1.50. The van der Waals surface area contributed by atoms with Crippen molar-refractivity contribution in [1.82, 2.24) is 24.6 Å². The summed E-state index contributed by atoms with van der Waals surface area (Å²) in [5.41, 5.74) is 2.86. The standard InChI is InChI=1S/C21H23N5OS/c1-22-20(27)17-9-7-16(8-10-17)13-24(18-11-12-18)15-26-21(28)25(14-23-26)19-5-3-2-4-6-19/h2-10,14,18H,11-13,15H2,1H3,(H,22,27). The van der Waals surface area contributed by atoms with Crippen LogP contribution in [0.3, 0.4) is 0 Å². The molecule has 6 nitrogen and oxygen atoms in total. The maximum atomic E-state index is 11.7. The summed E-state index contributed by atoms with van der Waals surface area (Å²) in [6.07, 6.45) is 4.17. The fourth-order valence-electron chi connectivity index (χ4n) is 3.25. The Hall–Kier alpha value is -2.77. The van der Waals surface area contributed by atoms with Crippen LogP contribution in [0.15, 0.2) is 60.9 Å². The summed E-state index contributed by atoms with van der Waals surface area (Å²) < 4.78 is 4.49. The molecule has 7 heteroatoms. The van der Waals surface area contributed by atoms with E-state index in [2.05, 4.69) is 15.3 Å². The van der Waals surface area contributed by atoms with E-state index in [1.54, 1.807) is 13.4 Å². The second-order valence-corrected chi connectivity index (χ2v) is 7.38. The highest BCUT2D eigenvalue weighted by atomic mass is 32.1. The molecular formula is C21H23N5OS. The van der Waals surface area contributed by atoms with Crippen LogP contribution in [0.25, 0.3) is 5.69 Å². The molecule has 28 heavy (non-hydrogen) atoms. The molecule has 1 heterocycles. The van der Waals surface area contributed by atoms with Crippen LogP contribution in [-0.2, 0) is 13.2 Å². The van der Waals surface area contributed by atoms with Crippen molar-refractivity contribution in [1.29, 1.82) is 0 Å². The fourth-order valence-corrected chi connectivity index (χ4v) is 3.50. The monoisotopic (exact) mass is 393 g/mol. The van der Waals surface area contributed by atoms with E-state index in [-0.39, 0.29) is 5.91 Å². The minimum absolute atomic E-state index is 0.0663. The van der Waals surface area contributed by atoms with Crippen molar-refractivity contribution in [3.05, 3.63) is 76.8 Å². The SMILES string of the molecule is CNC(=O)c1ccc(CN(Cn2ncn(-c3ccccc3)c2=S)C2CC2)cc1. The number of benzene rings is 2. The fraction of sp³-hybridized carbons (Fsp3) is 0.286. The highest BCUT2D eigenvalue weighted by Gasteiger charge is 2.29. The predicted octanol–water partition coefficient (Wildman–Crippen LogP) is 3.38. The van der Waals surface area contributed by atoms with E-state index < -0.39 is 0 Å². The van der Waals surface area contributed by atoms with Gasteiger partial charge >= 0.3 is 0 Å². The quantitative estimate of drug-likeness (QED) is 0.625. The molecule has 2 aromatic carbocycles. The zero-order valence-electron chi connectivity index (χ0n) is 15.8. The lowest BCUT2D eigenvalue weighted by Gasteiger charge is -2.22. The highest BCUT2D eigenvalue weighted by molar-refractivity contribution is 7.71. The first kappa shape index (κ1) is 18.6. The number of hydrogen-bond acceptors (Lipinski definition) is 4. The average molecular weight is 394 g/mol. The van der Waals surface area contributed by atoms with Crippen LogP contribution in [-0.4, -0.2) is 38.2 Å². The van der Waals surface area contributed by atoms with E-state index in [1.807, 2.05) is 63.8 Å². The van der Waals surface area contributed by atoms with Crippen molar-refractivity contribution in [3.8, 4) is 5.69 Å². The Morgan fingerprint density at radius 1 is 1.18 bits per heavy atom. The van der Waals surface area contributed by atoms with E-state index >= 15 is 0 Å². The number of carbonyl (C=O) groups excluding carboxylic acids is 1. The van der Waals surface area contributed by atoms with Crippen LogP contribution in [0, 0.1) is 4.77 Å². The van der Waals surface area contributed by atoms with Gasteiger partial charge in [-0.1, -0.05) is 30.3 Å². The van der Waals surface area contributed by atoms with Gasteiger partial charge in [0.15, 0.2) is 0 Å². The van der Waals surface area contributed by atoms with Crippen LogP contribution < -0.4 is 5.32 Å². The molecule has 0 atom stereocenters. The van der Waals surface area contributed by atoms with Gasteiger partial charge in [-0.25, -0.2) is 4.68 Å². The maximum absolute atomic E-state index is 11.7. The lowest BCUT2D eigenvalue weighted by Crippen LogP contribution is -2.29. The third kappa shape index (κ3) is 4.05. The van der Waals surface area contributed by atoms with Crippen LogP contribution in [0.1, 0.15) is 28.8 Å². The summed E-state index contributed by atoms with van der Waals surface area (Å²) in [6.45, 7) is 1.46. The summed E-state index contributed by atoms with van der Waals surface area (Å²) >= 11 is 5.65. The van der Waals surface area contributed by atoms with E-state index in [1.165, 1.54) is 18.4 Å². The van der Waals surface area contributed by atoms with Gasteiger partial charge in [-0.3, -0.25) is 14.3 Å². The van der Waals surface area contributed by atoms with Crippen molar-refractivity contribution >= 4 is 18.1 Å². The summed E-state index contributed by atoms with van der Waals surface area (Å²) in [5, 5.41) is 7.16. The Morgan fingerprint density at radius 3 is 2.54 bits per heavy atom. The number of aromatic nitrogens is 3. The Bertz CT molecular complexity index is 1010. The molecule has 0 unspecified atom stereocenters. The zero-order valence-corrected chi connectivity index (χ0v) is 16.6. The normalized spacial score (nSPS) is 13.6. The number of nitrogens with zero attached hydrogens (tertiary/aromatic N) is 4. The molecule has 4 rings (SSSR count). The van der Waals surface area contributed by atoms with Crippen LogP contribution in [0.2, 0.25) is 0 Å². The molecule has 3 aromatic rings. The second kappa shape index (κ2) is 8.08. The molecule has 1 saturated carbocycles. The van der Waals surface area contributed by atoms with Gasteiger partial charge in [-0.15, -0.1) is 0 Å². The molecular weight excluding hydrogens is 370 g/mol. The van der Waals surface area contributed by atoms with Gasteiger partial charge in [0.05, 0.1) is 6.67 Å². The lowest BCUT2D eigenvalue weighted by atomic mass is 10.1. The van der Waals surface area contributed by atoms with E-state index in [0.29, 0.717) is 23.0 Å². The largest absolute Gasteiger partial charge is 0.355 e. The van der Waals surface area contributed by atoms with Crippen molar-refractivity contribution in [3.63, 3.8) is 0 Å². The summed E-state index contributed by atoms with van der Waals surface area (Å²) in [4.78, 5) is 14.1. The molecule has 1 aliphatic carbocycles. The van der Waals surface area contributed by atoms with Gasteiger partial charge in [-0.05, 0) is 54.9 Å².